The number of nitrogens with one attached hydrogen (secondary N) is 1. The van der Waals surface area contributed by atoms with Gasteiger partial charge in [-0.25, -0.2) is 4.98 Å². The maximum atomic E-state index is 5.52. The lowest BCUT2D eigenvalue weighted by Crippen LogP contribution is -2.11. The van der Waals surface area contributed by atoms with Gasteiger partial charge in [-0.05, 0) is 37.8 Å². The number of aromatic nitrogens is 1. The first kappa shape index (κ1) is 10.4. The monoisotopic (exact) mass is 206 g/mol. The summed E-state index contributed by atoms with van der Waals surface area (Å²) in [5, 5.41) is 3.24. The minimum absolute atomic E-state index is 0.770. The Kier molecular flexibility index (Phi) is 3.56. The van der Waals surface area contributed by atoms with Crippen LogP contribution >= 0.6 is 0 Å². The number of aryl methyl sites for hydroxylation is 1. The van der Waals surface area contributed by atoms with Gasteiger partial charge in [-0.1, -0.05) is 6.07 Å². The standard InChI is InChI=1S/C12H18N2O/c1-10-3-2-4-12(14-10)13-7-8-15-9-11-5-6-11/h2-4,11H,5-9H2,1H3,(H,13,14). The topological polar surface area (TPSA) is 34.1 Å². The molecule has 3 heteroatoms. The highest BCUT2D eigenvalue weighted by molar-refractivity contribution is 5.34. The van der Waals surface area contributed by atoms with Gasteiger partial charge in [0.25, 0.3) is 0 Å². The van der Waals surface area contributed by atoms with Crippen LogP contribution in [0.4, 0.5) is 5.82 Å². The summed E-state index contributed by atoms with van der Waals surface area (Å²) < 4.78 is 5.52. The van der Waals surface area contributed by atoms with E-state index in [-0.39, 0.29) is 0 Å². The van der Waals surface area contributed by atoms with Crippen LogP contribution in [0.3, 0.4) is 0 Å². The van der Waals surface area contributed by atoms with Crippen molar-refractivity contribution in [1.29, 1.82) is 0 Å². The Labute approximate surface area is 90.9 Å². The summed E-state index contributed by atoms with van der Waals surface area (Å²) in [6.45, 7) is 4.53. The van der Waals surface area contributed by atoms with Gasteiger partial charge in [0.2, 0.25) is 0 Å². The number of hydrogen-bond acceptors (Lipinski definition) is 3. The fourth-order valence-corrected chi connectivity index (χ4v) is 1.43. The number of pyridine rings is 1. The molecule has 2 rings (SSSR count). The number of rotatable bonds is 6. The summed E-state index contributed by atoms with van der Waals surface area (Å²) in [7, 11) is 0. The highest BCUT2D eigenvalue weighted by Gasteiger charge is 2.20. The Morgan fingerprint density at radius 2 is 2.33 bits per heavy atom. The van der Waals surface area contributed by atoms with Crippen LogP contribution in [0.1, 0.15) is 18.5 Å². The maximum Gasteiger partial charge on any atom is 0.126 e. The van der Waals surface area contributed by atoms with E-state index in [1.165, 1.54) is 12.8 Å². The van der Waals surface area contributed by atoms with Gasteiger partial charge in [-0.15, -0.1) is 0 Å². The van der Waals surface area contributed by atoms with Crippen LogP contribution in [0.15, 0.2) is 18.2 Å². The summed E-state index contributed by atoms with van der Waals surface area (Å²) in [6.07, 6.45) is 2.71. The second-order valence-corrected chi connectivity index (χ2v) is 4.11. The van der Waals surface area contributed by atoms with Gasteiger partial charge >= 0.3 is 0 Å². The zero-order valence-corrected chi connectivity index (χ0v) is 9.20. The van der Waals surface area contributed by atoms with Gasteiger partial charge in [0, 0.05) is 18.8 Å². The van der Waals surface area contributed by atoms with Crippen LogP contribution in [-0.4, -0.2) is 24.7 Å². The first-order chi connectivity index (χ1) is 7.34. The van der Waals surface area contributed by atoms with Crippen LogP contribution in [0.5, 0.6) is 0 Å². The fraction of sp³-hybridized carbons (Fsp3) is 0.583. The molecule has 1 heterocycles. The predicted octanol–water partition coefficient (Wildman–Crippen LogP) is 2.23. The van der Waals surface area contributed by atoms with E-state index >= 15 is 0 Å². The molecule has 1 N–H and O–H groups in total. The molecule has 0 radical (unpaired) electrons. The van der Waals surface area contributed by atoms with Crippen LogP contribution in [0.25, 0.3) is 0 Å². The molecule has 0 spiro atoms. The minimum Gasteiger partial charge on any atom is -0.379 e. The smallest absolute Gasteiger partial charge is 0.126 e. The SMILES string of the molecule is Cc1cccc(NCCOCC2CC2)n1. The van der Waals surface area contributed by atoms with Crippen molar-refractivity contribution in [3.63, 3.8) is 0 Å². The van der Waals surface area contributed by atoms with Crippen LogP contribution in [0.2, 0.25) is 0 Å². The molecule has 1 aliphatic rings. The molecule has 0 unspecified atom stereocenters. The summed E-state index contributed by atoms with van der Waals surface area (Å²) in [5.41, 5.74) is 1.04. The van der Waals surface area contributed by atoms with E-state index in [0.717, 1.165) is 37.2 Å². The van der Waals surface area contributed by atoms with Gasteiger partial charge in [0.1, 0.15) is 5.82 Å². The average Bonchev–Trinajstić information content (AvgIpc) is 3.01. The summed E-state index contributed by atoms with van der Waals surface area (Å²) in [5.74, 6) is 1.78. The van der Waals surface area contributed by atoms with Gasteiger partial charge in [0.05, 0.1) is 6.61 Å². The Morgan fingerprint density at radius 3 is 3.07 bits per heavy atom. The van der Waals surface area contributed by atoms with E-state index < -0.39 is 0 Å². The quantitative estimate of drug-likeness (QED) is 0.725. The van der Waals surface area contributed by atoms with E-state index in [2.05, 4.69) is 10.3 Å². The highest BCUT2D eigenvalue weighted by Crippen LogP contribution is 2.28. The molecule has 15 heavy (non-hydrogen) atoms. The van der Waals surface area contributed by atoms with Crippen molar-refractivity contribution in [1.82, 2.24) is 4.98 Å². The van der Waals surface area contributed by atoms with Crippen molar-refractivity contribution in [3.05, 3.63) is 23.9 Å². The lowest BCUT2D eigenvalue weighted by atomic mass is 10.4. The molecule has 1 aromatic rings. The highest BCUT2D eigenvalue weighted by atomic mass is 16.5. The van der Waals surface area contributed by atoms with Crippen LogP contribution in [-0.2, 0) is 4.74 Å². The minimum atomic E-state index is 0.770. The molecule has 1 fully saturated rings. The Balaban J connectivity index is 1.60. The number of hydrogen-bond donors (Lipinski definition) is 1. The lowest BCUT2D eigenvalue weighted by Gasteiger charge is -2.06. The van der Waals surface area contributed by atoms with Crippen molar-refractivity contribution >= 4 is 5.82 Å². The molecule has 0 bridgehead atoms. The van der Waals surface area contributed by atoms with E-state index in [0.29, 0.717) is 0 Å². The molecule has 0 aliphatic heterocycles. The number of anilines is 1. The third kappa shape index (κ3) is 3.88. The molecular formula is C12H18N2O. The van der Waals surface area contributed by atoms with E-state index in [4.69, 9.17) is 4.74 Å². The summed E-state index contributed by atoms with van der Waals surface area (Å²) in [6, 6.07) is 5.98. The van der Waals surface area contributed by atoms with E-state index in [9.17, 15) is 0 Å². The first-order valence-corrected chi connectivity index (χ1v) is 5.60. The Bertz CT molecular complexity index is 310. The predicted molar refractivity (Wildman–Crippen MR) is 61.0 cm³/mol. The number of nitrogens with zero attached hydrogens (tertiary/aromatic N) is 1. The molecule has 1 aromatic heterocycles. The molecule has 1 aliphatic carbocycles. The average molecular weight is 206 g/mol. The van der Waals surface area contributed by atoms with Crippen molar-refractivity contribution in [2.24, 2.45) is 5.92 Å². The second-order valence-electron chi connectivity index (χ2n) is 4.11. The number of ether oxygens (including phenoxy) is 1. The second kappa shape index (κ2) is 5.12. The third-order valence-electron chi connectivity index (χ3n) is 2.49. The summed E-state index contributed by atoms with van der Waals surface area (Å²) in [4.78, 5) is 4.35. The molecule has 0 amide bonds. The van der Waals surface area contributed by atoms with Crippen LogP contribution < -0.4 is 5.32 Å². The molecule has 82 valence electrons. The third-order valence-corrected chi connectivity index (χ3v) is 2.49. The first-order valence-electron chi connectivity index (χ1n) is 5.60. The van der Waals surface area contributed by atoms with E-state index in [1.54, 1.807) is 0 Å². The van der Waals surface area contributed by atoms with Gasteiger partial charge in [0.15, 0.2) is 0 Å². The van der Waals surface area contributed by atoms with Crippen molar-refractivity contribution < 1.29 is 4.74 Å². The largest absolute Gasteiger partial charge is 0.379 e. The molecule has 1 saturated carbocycles. The van der Waals surface area contributed by atoms with Gasteiger partial charge in [-0.2, -0.15) is 0 Å². The molecule has 0 aromatic carbocycles. The molecular weight excluding hydrogens is 188 g/mol. The lowest BCUT2D eigenvalue weighted by molar-refractivity contribution is 0.134. The Hall–Kier alpha value is -1.09. The molecule has 3 nitrogen and oxygen atoms in total. The van der Waals surface area contributed by atoms with Gasteiger partial charge < -0.3 is 10.1 Å². The molecule has 0 atom stereocenters. The van der Waals surface area contributed by atoms with Crippen LogP contribution in [0, 0.1) is 12.8 Å². The van der Waals surface area contributed by atoms with Crippen molar-refractivity contribution in [2.45, 2.75) is 19.8 Å². The van der Waals surface area contributed by atoms with Gasteiger partial charge in [-0.3, -0.25) is 0 Å². The fourth-order valence-electron chi connectivity index (χ4n) is 1.43. The zero-order valence-electron chi connectivity index (χ0n) is 9.20. The zero-order chi connectivity index (χ0) is 10.5. The van der Waals surface area contributed by atoms with Crippen molar-refractivity contribution in [2.75, 3.05) is 25.1 Å². The maximum absolute atomic E-state index is 5.52. The summed E-state index contributed by atoms with van der Waals surface area (Å²) >= 11 is 0. The molecule has 0 saturated heterocycles. The normalized spacial score (nSPS) is 15.3. The Morgan fingerprint density at radius 1 is 1.47 bits per heavy atom. The van der Waals surface area contributed by atoms with Crippen molar-refractivity contribution in [3.8, 4) is 0 Å². The van der Waals surface area contributed by atoms with E-state index in [1.807, 2.05) is 25.1 Å².